The smallest absolute Gasteiger partial charge is 0.164 e. The van der Waals surface area contributed by atoms with Crippen LogP contribution in [0.2, 0.25) is 0 Å². The van der Waals surface area contributed by atoms with Crippen LogP contribution in [0.3, 0.4) is 0 Å². The van der Waals surface area contributed by atoms with E-state index < -0.39 is 0 Å². The van der Waals surface area contributed by atoms with Crippen LogP contribution in [0.1, 0.15) is 32.9 Å². The Bertz CT molecular complexity index is 767. The van der Waals surface area contributed by atoms with E-state index in [1.54, 1.807) is 0 Å². The maximum atomic E-state index is 6.11. The normalized spacial score (nSPS) is 18.7. The van der Waals surface area contributed by atoms with Crippen molar-refractivity contribution in [1.29, 1.82) is 0 Å². The van der Waals surface area contributed by atoms with E-state index in [2.05, 4.69) is 71.6 Å². The van der Waals surface area contributed by atoms with Gasteiger partial charge in [0.1, 0.15) is 12.1 Å². The lowest BCUT2D eigenvalue weighted by atomic mass is 9.99. The largest absolute Gasteiger partial charge is 0.383 e. The highest BCUT2D eigenvalue weighted by molar-refractivity contribution is 14.1. The lowest BCUT2D eigenvalue weighted by Crippen LogP contribution is -2.23. The number of alkyl halides is 1. The van der Waals surface area contributed by atoms with E-state index in [1.807, 2.05) is 4.68 Å². The summed E-state index contributed by atoms with van der Waals surface area (Å²) in [4.78, 5) is 8.56. The number of allylic oxidation sites excluding steroid dienone is 4. The van der Waals surface area contributed by atoms with Crippen LogP contribution in [-0.2, 0) is 12.0 Å². The molecule has 0 saturated heterocycles. The quantitative estimate of drug-likeness (QED) is 0.610. The Balaban J connectivity index is 2.10. The molecule has 0 saturated carbocycles. The summed E-state index contributed by atoms with van der Waals surface area (Å²) in [6.07, 6.45) is 9.87. The second-order valence-electron chi connectivity index (χ2n) is 6.59. The van der Waals surface area contributed by atoms with Crippen molar-refractivity contribution in [3.8, 4) is 0 Å². The summed E-state index contributed by atoms with van der Waals surface area (Å²) in [5.74, 6) is 0.508. The van der Waals surface area contributed by atoms with Crippen LogP contribution in [0.5, 0.6) is 0 Å². The van der Waals surface area contributed by atoms with E-state index in [0.717, 1.165) is 29.6 Å². The van der Waals surface area contributed by atoms with Crippen molar-refractivity contribution in [2.75, 3.05) is 5.73 Å². The summed E-state index contributed by atoms with van der Waals surface area (Å²) in [6, 6.07) is 0. The van der Waals surface area contributed by atoms with Gasteiger partial charge in [0.15, 0.2) is 5.65 Å². The maximum Gasteiger partial charge on any atom is 0.164 e. The number of hydrogen-bond acceptors (Lipinski definition) is 4. The van der Waals surface area contributed by atoms with Crippen molar-refractivity contribution in [2.45, 2.75) is 43.1 Å². The molecule has 1 aliphatic carbocycles. The molecule has 0 radical (unpaired) electrons. The van der Waals surface area contributed by atoms with Gasteiger partial charge in [-0.3, -0.25) is 0 Å². The Labute approximate surface area is 143 Å². The zero-order valence-corrected chi connectivity index (χ0v) is 15.2. The van der Waals surface area contributed by atoms with Crippen LogP contribution in [-0.4, -0.2) is 23.7 Å². The molecule has 2 N–H and O–H groups in total. The average Bonchev–Trinajstić information content (AvgIpc) is 2.79. The van der Waals surface area contributed by atoms with Crippen LogP contribution < -0.4 is 5.73 Å². The van der Waals surface area contributed by atoms with Gasteiger partial charge in [-0.2, -0.15) is 5.10 Å². The predicted octanol–water partition coefficient (Wildman–Crippen LogP) is 3.40. The molecule has 0 aliphatic heterocycles. The minimum absolute atomic E-state index is 0.149. The molecular formula is C16H20IN5. The maximum absolute atomic E-state index is 6.11. The van der Waals surface area contributed by atoms with Gasteiger partial charge >= 0.3 is 0 Å². The van der Waals surface area contributed by atoms with Gasteiger partial charge in [-0.15, -0.1) is 0 Å². The van der Waals surface area contributed by atoms with Crippen molar-refractivity contribution in [2.24, 2.45) is 0 Å². The van der Waals surface area contributed by atoms with E-state index >= 15 is 0 Å². The molecule has 2 heterocycles. The lowest BCUT2D eigenvalue weighted by Gasteiger charge is -2.19. The standard InChI is InChI=1S/C16H20IN5/c1-16(2,3)22-15-13(14(18)19-9-20-15)12(21-22)8-10-5-4-6-11(17)7-10/h4-6,9,11H,7-8H2,1-3H3,(H2,18,19,20). The van der Waals surface area contributed by atoms with Gasteiger partial charge in [0.2, 0.25) is 0 Å². The van der Waals surface area contributed by atoms with E-state index in [4.69, 9.17) is 10.8 Å². The molecule has 0 spiro atoms. The second-order valence-corrected chi connectivity index (χ2v) is 8.19. The second kappa shape index (κ2) is 5.64. The Morgan fingerprint density at radius 1 is 1.36 bits per heavy atom. The SMILES string of the molecule is CC(C)(C)n1nc(CC2=CC=CC(I)C2)c2c(N)ncnc21. The number of anilines is 1. The molecule has 1 aliphatic rings. The molecule has 3 rings (SSSR count). The first-order valence-electron chi connectivity index (χ1n) is 7.35. The highest BCUT2D eigenvalue weighted by atomic mass is 127. The number of aromatic nitrogens is 4. The molecule has 0 amide bonds. The molecule has 116 valence electrons. The fourth-order valence-corrected chi connectivity index (χ4v) is 3.49. The van der Waals surface area contributed by atoms with Gasteiger partial charge in [0.25, 0.3) is 0 Å². The zero-order chi connectivity index (χ0) is 15.9. The zero-order valence-electron chi connectivity index (χ0n) is 13.0. The molecule has 6 heteroatoms. The van der Waals surface area contributed by atoms with Gasteiger partial charge in [-0.1, -0.05) is 46.4 Å². The number of hydrogen-bond donors (Lipinski definition) is 1. The van der Waals surface area contributed by atoms with E-state index in [-0.39, 0.29) is 5.54 Å². The number of fused-ring (bicyclic) bond motifs is 1. The van der Waals surface area contributed by atoms with Crippen LogP contribution in [0, 0.1) is 0 Å². The fraction of sp³-hybridized carbons (Fsp3) is 0.438. The molecule has 1 unspecified atom stereocenters. The summed E-state index contributed by atoms with van der Waals surface area (Å²) >= 11 is 2.45. The average molecular weight is 409 g/mol. The summed E-state index contributed by atoms with van der Waals surface area (Å²) < 4.78 is 2.50. The molecule has 0 bridgehead atoms. The van der Waals surface area contributed by atoms with Gasteiger partial charge in [0.05, 0.1) is 16.6 Å². The third kappa shape index (κ3) is 2.88. The van der Waals surface area contributed by atoms with Gasteiger partial charge in [-0.25, -0.2) is 14.6 Å². The predicted molar refractivity (Wildman–Crippen MR) is 98.1 cm³/mol. The number of nitrogen functional groups attached to an aromatic ring is 1. The number of nitrogens with zero attached hydrogens (tertiary/aromatic N) is 4. The molecular weight excluding hydrogens is 389 g/mol. The third-order valence-corrected chi connectivity index (χ3v) is 4.56. The Hall–Kier alpha value is -1.44. The van der Waals surface area contributed by atoms with Crippen molar-refractivity contribution in [3.63, 3.8) is 0 Å². The number of rotatable bonds is 2. The summed E-state index contributed by atoms with van der Waals surface area (Å²) in [6.45, 7) is 6.35. The Morgan fingerprint density at radius 2 is 2.14 bits per heavy atom. The van der Waals surface area contributed by atoms with E-state index in [0.29, 0.717) is 9.74 Å². The molecule has 1 atom stereocenters. The van der Waals surface area contributed by atoms with Crippen molar-refractivity contribution in [3.05, 3.63) is 35.8 Å². The van der Waals surface area contributed by atoms with Crippen LogP contribution >= 0.6 is 22.6 Å². The first kappa shape index (κ1) is 15.5. The van der Waals surface area contributed by atoms with Crippen LogP contribution in [0.4, 0.5) is 5.82 Å². The van der Waals surface area contributed by atoms with Gasteiger partial charge in [0, 0.05) is 10.3 Å². The summed E-state index contributed by atoms with van der Waals surface area (Å²) in [5.41, 5.74) is 9.10. The monoisotopic (exact) mass is 409 g/mol. The molecule has 22 heavy (non-hydrogen) atoms. The molecule has 2 aromatic rings. The lowest BCUT2D eigenvalue weighted by molar-refractivity contribution is 0.363. The fourth-order valence-electron chi connectivity index (χ4n) is 2.68. The minimum Gasteiger partial charge on any atom is -0.383 e. The van der Waals surface area contributed by atoms with Crippen LogP contribution in [0.15, 0.2) is 30.1 Å². The molecule has 0 fully saturated rings. The number of nitrogens with two attached hydrogens (primary N) is 1. The third-order valence-electron chi connectivity index (χ3n) is 3.71. The van der Waals surface area contributed by atoms with Crippen molar-refractivity contribution in [1.82, 2.24) is 19.7 Å². The molecule has 2 aromatic heterocycles. The van der Waals surface area contributed by atoms with E-state index in [1.165, 1.54) is 11.9 Å². The van der Waals surface area contributed by atoms with E-state index in [9.17, 15) is 0 Å². The first-order chi connectivity index (χ1) is 10.4. The first-order valence-corrected chi connectivity index (χ1v) is 8.59. The molecule has 0 aromatic carbocycles. The highest BCUT2D eigenvalue weighted by Crippen LogP contribution is 2.30. The van der Waals surface area contributed by atoms with Gasteiger partial charge in [-0.05, 0) is 27.2 Å². The Kier molecular flexibility index (Phi) is 3.96. The Morgan fingerprint density at radius 3 is 2.82 bits per heavy atom. The topological polar surface area (TPSA) is 69.6 Å². The van der Waals surface area contributed by atoms with Crippen LogP contribution in [0.25, 0.3) is 11.0 Å². The highest BCUT2D eigenvalue weighted by Gasteiger charge is 2.23. The van der Waals surface area contributed by atoms with Crippen molar-refractivity contribution < 1.29 is 0 Å². The van der Waals surface area contributed by atoms with Crippen molar-refractivity contribution >= 4 is 39.4 Å². The van der Waals surface area contributed by atoms with Gasteiger partial charge < -0.3 is 5.73 Å². The minimum atomic E-state index is -0.149. The summed E-state index contributed by atoms with van der Waals surface area (Å²) in [5, 5.41) is 5.69. The number of halogens is 1. The molecule has 5 nitrogen and oxygen atoms in total. The summed E-state index contributed by atoms with van der Waals surface area (Å²) in [7, 11) is 0.